The summed E-state index contributed by atoms with van der Waals surface area (Å²) in [6.45, 7) is 4.05. The van der Waals surface area contributed by atoms with Gasteiger partial charge in [0.25, 0.3) is 0 Å². The van der Waals surface area contributed by atoms with Crippen molar-refractivity contribution in [3.8, 4) is 11.5 Å². The molecule has 0 spiro atoms. The summed E-state index contributed by atoms with van der Waals surface area (Å²) < 4.78 is 0. The van der Waals surface area contributed by atoms with Gasteiger partial charge in [0.05, 0.1) is 0 Å². The summed E-state index contributed by atoms with van der Waals surface area (Å²) in [5.41, 5.74) is 4.04. The quantitative estimate of drug-likeness (QED) is 0.873. The van der Waals surface area contributed by atoms with Gasteiger partial charge in [-0.3, -0.25) is 0 Å². The molecular weight excluding hydrogens is 236 g/mol. The summed E-state index contributed by atoms with van der Waals surface area (Å²) in [7, 11) is 0. The Morgan fingerprint density at radius 3 is 1.47 bits per heavy atom. The summed E-state index contributed by atoms with van der Waals surface area (Å²) in [4.78, 5) is 0. The van der Waals surface area contributed by atoms with Crippen molar-refractivity contribution in [1.29, 1.82) is 0 Å². The van der Waals surface area contributed by atoms with Crippen LogP contribution in [0.5, 0.6) is 11.5 Å². The number of hydrogen-bond acceptors (Lipinski definition) is 2. The van der Waals surface area contributed by atoms with E-state index in [-0.39, 0.29) is 0 Å². The van der Waals surface area contributed by atoms with E-state index in [1.807, 2.05) is 50.2 Å². The Kier molecular flexibility index (Phi) is 4.10. The molecule has 0 atom stereocenters. The van der Waals surface area contributed by atoms with E-state index in [1.54, 1.807) is 0 Å². The van der Waals surface area contributed by atoms with Crippen molar-refractivity contribution >= 4 is 0 Å². The molecule has 0 unspecified atom stereocenters. The van der Waals surface area contributed by atoms with Gasteiger partial charge in [-0.05, 0) is 53.6 Å². The van der Waals surface area contributed by atoms with Crippen LogP contribution in [0.15, 0.2) is 36.4 Å². The van der Waals surface area contributed by atoms with Gasteiger partial charge in [0.15, 0.2) is 0 Å². The molecule has 2 heteroatoms. The second kappa shape index (κ2) is 5.79. The first-order chi connectivity index (χ1) is 9.13. The highest BCUT2D eigenvalue weighted by Crippen LogP contribution is 2.24. The van der Waals surface area contributed by atoms with Crippen LogP contribution in [0.2, 0.25) is 0 Å². The summed E-state index contributed by atoms with van der Waals surface area (Å²) in [6, 6.07) is 11.6. The van der Waals surface area contributed by atoms with Gasteiger partial charge in [-0.2, -0.15) is 0 Å². The Labute approximate surface area is 114 Å². The van der Waals surface area contributed by atoms with Crippen LogP contribution in [0.1, 0.15) is 36.1 Å². The number of phenols is 2. The average molecular weight is 256 g/mol. The van der Waals surface area contributed by atoms with Crippen LogP contribution in [0.4, 0.5) is 0 Å². The number of phenolic OH excluding ortho intramolecular Hbond substituents is 2. The lowest BCUT2D eigenvalue weighted by Gasteiger charge is -2.08. The molecule has 0 aliphatic rings. The van der Waals surface area contributed by atoms with E-state index < -0.39 is 0 Å². The molecule has 0 aromatic heterocycles. The topological polar surface area (TPSA) is 40.5 Å². The molecule has 0 radical (unpaired) electrons. The van der Waals surface area contributed by atoms with Crippen LogP contribution < -0.4 is 0 Å². The van der Waals surface area contributed by atoms with E-state index in [0.29, 0.717) is 11.5 Å². The van der Waals surface area contributed by atoms with Crippen molar-refractivity contribution in [3.05, 3.63) is 58.7 Å². The fourth-order valence-electron chi connectivity index (χ4n) is 2.27. The van der Waals surface area contributed by atoms with Gasteiger partial charge < -0.3 is 10.2 Å². The Balaban J connectivity index is 2.21. The molecular formula is C17H20O2. The average Bonchev–Trinajstić information content (AvgIpc) is 2.39. The van der Waals surface area contributed by atoms with Crippen molar-refractivity contribution < 1.29 is 10.2 Å². The maximum Gasteiger partial charge on any atom is 0.119 e. The van der Waals surface area contributed by atoms with Crippen molar-refractivity contribution in [1.82, 2.24) is 0 Å². The first-order valence-electron chi connectivity index (χ1n) is 6.75. The van der Waals surface area contributed by atoms with E-state index in [4.69, 9.17) is 0 Å². The van der Waals surface area contributed by atoms with E-state index in [1.165, 1.54) is 0 Å². The summed E-state index contributed by atoms with van der Waals surface area (Å²) in [6.07, 6.45) is 2.38. The minimum Gasteiger partial charge on any atom is -0.508 e. The lowest BCUT2D eigenvalue weighted by molar-refractivity contribution is 0.468. The molecule has 0 aliphatic carbocycles. The number of rotatable bonds is 4. The zero-order chi connectivity index (χ0) is 13.8. The maximum absolute atomic E-state index is 9.86. The lowest BCUT2D eigenvalue weighted by atomic mass is 10.00. The van der Waals surface area contributed by atoms with Crippen LogP contribution in [0.25, 0.3) is 0 Å². The van der Waals surface area contributed by atoms with E-state index >= 15 is 0 Å². The standard InChI is InChI=1S/C17H20O2/c1-3-14-7-5-12(10-16(14)18)9-13-6-8-15(4-2)17(19)11-13/h5-8,10-11,18-19H,3-4,9H2,1-2H3. The van der Waals surface area contributed by atoms with Crippen LogP contribution in [0.3, 0.4) is 0 Å². The molecule has 19 heavy (non-hydrogen) atoms. The highest BCUT2D eigenvalue weighted by Gasteiger charge is 2.04. The molecule has 2 aromatic rings. The molecule has 0 aliphatic heterocycles. The fraction of sp³-hybridized carbons (Fsp3) is 0.294. The molecule has 2 rings (SSSR count). The van der Waals surface area contributed by atoms with Crippen LogP contribution in [-0.2, 0) is 19.3 Å². The molecule has 0 saturated heterocycles. The van der Waals surface area contributed by atoms with Crippen molar-refractivity contribution in [2.45, 2.75) is 33.1 Å². The molecule has 100 valence electrons. The third-order valence-electron chi connectivity index (χ3n) is 3.47. The zero-order valence-electron chi connectivity index (χ0n) is 11.5. The normalized spacial score (nSPS) is 10.6. The number of benzene rings is 2. The lowest BCUT2D eigenvalue weighted by Crippen LogP contribution is -1.91. The summed E-state index contributed by atoms with van der Waals surface area (Å²) >= 11 is 0. The first kappa shape index (κ1) is 13.5. The molecule has 0 bridgehead atoms. The number of aromatic hydroxyl groups is 2. The maximum atomic E-state index is 9.86. The monoisotopic (exact) mass is 256 g/mol. The second-order valence-corrected chi connectivity index (χ2v) is 4.81. The van der Waals surface area contributed by atoms with Crippen LogP contribution >= 0.6 is 0 Å². The predicted octanol–water partition coefficient (Wildman–Crippen LogP) is 3.81. The molecule has 0 amide bonds. The highest BCUT2D eigenvalue weighted by atomic mass is 16.3. The Hall–Kier alpha value is -1.96. The van der Waals surface area contributed by atoms with E-state index in [0.717, 1.165) is 41.5 Å². The molecule has 0 saturated carbocycles. The largest absolute Gasteiger partial charge is 0.508 e. The van der Waals surface area contributed by atoms with Crippen LogP contribution in [0, 0.1) is 0 Å². The SMILES string of the molecule is CCc1ccc(Cc2ccc(CC)c(O)c2)cc1O. The molecule has 2 N–H and O–H groups in total. The Bertz CT molecular complexity index is 522. The van der Waals surface area contributed by atoms with Crippen molar-refractivity contribution in [3.63, 3.8) is 0 Å². The minimum atomic E-state index is 0.356. The predicted molar refractivity (Wildman–Crippen MR) is 77.8 cm³/mol. The zero-order valence-corrected chi connectivity index (χ0v) is 11.5. The van der Waals surface area contributed by atoms with E-state index in [9.17, 15) is 10.2 Å². The Morgan fingerprint density at radius 2 is 1.16 bits per heavy atom. The van der Waals surface area contributed by atoms with Gasteiger partial charge in [-0.1, -0.05) is 38.1 Å². The van der Waals surface area contributed by atoms with Crippen molar-refractivity contribution in [2.75, 3.05) is 0 Å². The van der Waals surface area contributed by atoms with Crippen LogP contribution in [-0.4, -0.2) is 10.2 Å². The molecule has 2 aromatic carbocycles. The fourth-order valence-corrected chi connectivity index (χ4v) is 2.27. The molecule has 2 nitrogen and oxygen atoms in total. The third-order valence-corrected chi connectivity index (χ3v) is 3.47. The second-order valence-electron chi connectivity index (χ2n) is 4.81. The smallest absolute Gasteiger partial charge is 0.119 e. The number of hydrogen-bond donors (Lipinski definition) is 2. The van der Waals surface area contributed by atoms with Gasteiger partial charge in [-0.25, -0.2) is 0 Å². The highest BCUT2D eigenvalue weighted by molar-refractivity contribution is 5.41. The minimum absolute atomic E-state index is 0.356. The third kappa shape index (κ3) is 3.08. The van der Waals surface area contributed by atoms with Gasteiger partial charge in [0.2, 0.25) is 0 Å². The van der Waals surface area contributed by atoms with Gasteiger partial charge >= 0.3 is 0 Å². The van der Waals surface area contributed by atoms with Gasteiger partial charge in [0.1, 0.15) is 11.5 Å². The molecule has 0 heterocycles. The Morgan fingerprint density at radius 1 is 0.737 bits per heavy atom. The van der Waals surface area contributed by atoms with E-state index in [2.05, 4.69) is 0 Å². The van der Waals surface area contributed by atoms with Gasteiger partial charge in [-0.15, -0.1) is 0 Å². The molecule has 0 fully saturated rings. The summed E-state index contributed by atoms with van der Waals surface area (Å²) in [5.74, 6) is 0.712. The summed E-state index contributed by atoms with van der Waals surface area (Å²) in [5, 5.41) is 19.7. The van der Waals surface area contributed by atoms with Crippen molar-refractivity contribution in [2.24, 2.45) is 0 Å². The van der Waals surface area contributed by atoms with Gasteiger partial charge in [0, 0.05) is 0 Å². The number of aryl methyl sites for hydroxylation is 2. The first-order valence-corrected chi connectivity index (χ1v) is 6.75.